The first kappa shape index (κ1) is 12.5. The highest BCUT2D eigenvalue weighted by atomic mass is 16.5. The second-order valence-electron chi connectivity index (χ2n) is 4.75. The molecule has 1 aliphatic heterocycles. The first-order valence-corrected chi connectivity index (χ1v) is 6.03. The molecule has 6 heteroatoms. The maximum atomic E-state index is 9.87. The normalized spacial score (nSPS) is 25.9. The third-order valence-corrected chi connectivity index (χ3v) is 2.90. The SMILES string of the molecule is CC(C)O[C@H]1CN(CCn2cnnc2)C[C@@H]1O. The first-order valence-electron chi connectivity index (χ1n) is 6.03. The fraction of sp³-hybridized carbons (Fsp3) is 0.818. The van der Waals surface area contributed by atoms with Gasteiger partial charge in [-0.2, -0.15) is 0 Å². The van der Waals surface area contributed by atoms with Crippen LogP contribution in [0, 0.1) is 0 Å². The molecule has 0 aliphatic carbocycles. The van der Waals surface area contributed by atoms with Gasteiger partial charge in [0, 0.05) is 26.2 Å². The van der Waals surface area contributed by atoms with Gasteiger partial charge in [-0.15, -0.1) is 10.2 Å². The average Bonchev–Trinajstić information content (AvgIpc) is 2.86. The molecule has 2 rings (SSSR count). The van der Waals surface area contributed by atoms with Crippen LogP contribution in [0.3, 0.4) is 0 Å². The van der Waals surface area contributed by atoms with E-state index in [1.807, 2.05) is 18.4 Å². The molecule has 2 atom stereocenters. The van der Waals surface area contributed by atoms with Gasteiger partial charge in [0.15, 0.2) is 0 Å². The molecular formula is C11H20N4O2. The van der Waals surface area contributed by atoms with Crippen molar-refractivity contribution >= 4 is 0 Å². The lowest BCUT2D eigenvalue weighted by molar-refractivity contribution is -0.0395. The first-order chi connectivity index (χ1) is 8.15. The van der Waals surface area contributed by atoms with E-state index in [0.29, 0.717) is 6.54 Å². The summed E-state index contributed by atoms with van der Waals surface area (Å²) in [5.41, 5.74) is 0. The molecule has 1 N–H and O–H groups in total. The van der Waals surface area contributed by atoms with Crippen LogP contribution in [-0.4, -0.2) is 62.7 Å². The molecule has 1 saturated heterocycles. The molecular weight excluding hydrogens is 220 g/mol. The van der Waals surface area contributed by atoms with Crippen molar-refractivity contribution in [1.82, 2.24) is 19.7 Å². The molecule has 1 aromatic rings. The van der Waals surface area contributed by atoms with Crippen LogP contribution in [0.4, 0.5) is 0 Å². The van der Waals surface area contributed by atoms with Crippen LogP contribution in [0.1, 0.15) is 13.8 Å². The fourth-order valence-electron chi connectivity index (χ4n) is 2.09. The van der Waals surface area contributed by atoms with Crippen molar-refractivity contribution in [2.24, 2.45) is 0 Å². The lowest BCUT2D eigenvalue weighted by Crippen LogP contribution is -2.29. The molecule has 0 amide bonds. The zero-order valence-corrected chi connectivity index (χ0v) is 10.4. The Balaban J connectivity index is 1.76. The van der Waals surface area contributed by atoms with E-state index < -0.39 is 0 Å². The number of aliphatic hydroxyl groups is 1. The van der Waals surface area contributed by atoms with Crippen LogP contribution < -0.4 is 0 Å². The molecule has 0 spiro atoms. The topological polar surface area (TPSA) is 63.4 Å². The Kier molecular flexibility index (Phi) is 4.09. The van der Waals surface area contributed by atoms with Crippen LogP contribution in [0.5, 0.6) is 0 Å². The van der Waals surface area contributed by atoms with Crippen molar-refractivity contribution in [2.75, 3.05) is 19.6 Å². The summed E-state index contributed by atoms with van der Waals surface area (Å²) in [5.74, 6) is 0. The van der Waals surface area contributed by atoms with E-state index in [-0.39, 0.29) is 18.3 Å². The summed E-state index contributed by atoms with van der Waals surface area (Å²) < 4.78 is 7.60. The largest absolute Gasteiger partial charge is 0.389 e. The van der Waals surface area contributed by atoms with Crippen LogP contribution in [0.15, 0.2) is 12.7 Å². The van der Waals surface area contributed by atoms with E-state index in [1.54, 1.807) is 12.7 Å². The van der Waals surface area contributed by atoms with E-state index in [9.17, 15) is 5.11 Å². The smallest absolute Gasteiger partial charge is 0.119 e. The highest BCUT2D eigenvalue weighted by molar-refractivity contribution is 4.85. The molecule has 0 bridgehead atoms. The zero-order chi connectivity index (χ0) is 12.3. The molecule has 0 saturated carbocycles. The van der Waals surface area contributed by atoms with Crippen molar-refractivity contribution in [3.8, 4) is 0 Å². The van der Waals surface area contributed by atoms with Gasteiger partial charge < -0.3 is 14.4 Å². The minimum absolute atomic E-state index is 0.0593. The number of likely N-dealkylation sites (tertiary alicyclic amines) is 1. The standard InChI is InChI=1S/C11H20N4O2/c1-9(2)17-11-6-14(5-10(11)16)3-4-15-7-12-13-8-15/h7-11,16H,3-6H2,1-2H3/t10-,11-/m0/s1. The number of aromatic nitrogens is 3. The number of β-amino-alcohol motifs (C(OH)–C–C–N with tert-alkyl or cyclic N) is 1. The lowest BCUT2D eigenvalue weighted by atomic mass is 10.2. The summed E-state index contributed by atoms with van der Waals surface area (Å²) in [7, 11) is 0. The molecule has 1 aliphatic rings. The Morgan fingerprint density at radius 2 is 2.00 bits per heavy atom. The predicted octanol–water partition coefficient (Wildman–Crippen LogP) is -0.252. The van der Waals surface area contributed by atoms with Gasteiger partial charge in [0.1, 0.15) is 12.7 Å². The summed E-state index contributed by atoms with van der Waals surface area (Å²) in [6, 6.07) is 0. The second kappa shape index (κ2) is 5.57. The third kappa shape index (κ3) is 3.49. The van der Waals surface area contributed by atoms with E-state index in [4.69, 9.17) is 4.74 Å². The van der Waals surface area contributed by atoms with E-state index in [1.165, 1.54) is 0 Å². The lowest BCUT2D eigenvalue weighted by Gasteiger charge is -2.18. The molecule has 0 aromatic carbocycles. The van der Waals surface area contributed by atoms with Crippen LogP contribution in [0.25, 0.3) is 0 Å². The number of hydrogen-bond donors (Lipinski definition) is 1. The van der Waals surface area contributed by atoms with Crippen molar-refractivity contribution < 1.29 is 9.84 Å². The monoisotopic (exact) mass is 240 g/mol. The Bertz CT molecular complexity index is 328. The van der Waals surface area contributed by atoms with Crippen LogP contribution in [-0.2, 0) is 11.3 Å². The summed E-state index contributed by atoms with van der Waals surface area (Å²) >= 11 is 0. The van der Waals surface area contributed by atoms with Crippen molar-refractivity contribution in [3.05, 3.63) is 12.7 Å². The average molecular weight is 240 g/mol. The molecule has 17 heavy (non-hydrogen) atoms. The molecule has 6 nitrogen and oxygen atoms in total. The minimum atomic E-state index is -0.377. The molecule has 0 unspecified atom stereocenters. The van der Waals surface area contributed by atoms with Crippen LogP contribution >= 0.6 is 0 Å². The number of rotatable bonds is 5. The summed E-state index contributed by atoms with van der Waals surface area (Å²) in [6.07, 6.45) is 3.13. The Labute approximate surface area is 101 Å². The number of hydrogen-bond acceptors (Lipinski definition) is 5. The van der Waals surface area contributed by atoms with Crippen LogP contribution in [0.2, 0.25) is 0 Å². The van der Waals surface area contributed by atoms with E-state index >= 15 is 0 Å². The van der Waals surface area contributed by atoms with Gasteiger partial charge in [-0.25, -0.2) is 0 Å². The summed E-state index contributed by atoms with van der Waals surface area (Å²) in [4.78, 5) is 2.21. The van der Waals surface area contributed by atoms with Gasteiger partial charge in [0.2, 0.25) is 0 Å². The number of nitrogens with zero attached hydrogens (tertiary/aromatic N) is 4. The third-order valence-electron chi connectivity index (χ3n) is 2.90. The molecule has 1 aromatic heterocycles. The van der Waals surface area contributed by atoms with Gasteiger partial charge in [0.25, 0.3) is 0 Å². The predicted molar refractivity (Wildman–Crippen MR) is 62.5 cm³/mol. The van der Waals surface area contributed by atoms with E-state index in [2.05, 4.69) is 15.1 Å². The highest BCUT2D eigenvalue weighted by Gasteiger charge is 2.32. The van der Waals surface area contributed by atoms with Gasteiger partial charge in [-0.3, -0.25) is 4.90 Å². The van der Waals surface area contributed by atoms with E-state index in [0.717, 1.165) is 19.6 Å². The van der Waals surface area contributed by atoms with Gasteiger partial charge >= 0.3 is 0 Å². The maximum Gasteiger partial charge on any atom is 0.119 e. The summed E-state index contributed by atoms with van der Waals surface area (Å²) in [6.45, 7) is 7.18. The number of ether oxygens (including phenoxy) is 1. The summed E-state index contributed by atoms with van der Waals surface area (Å²) in [5, 5.41) is 17.4. The minimum Gasteiger partial charge on any atom is -0.389 e. The quantitative estimate of drug-likeness (QED) is 0.769. The zero-order valence-electron chi connectivity index (χ0n) is 10.4. The van der Waals surface area contributed by atoms with Gasteiger partial charge in [-0.1, -0.05) is 0 Å². The van der Waals surface area contributed by atoms with Gasteiger partial charge in [-0.05, 0) is 13.8 Å². The Hall–Kier alpha value is -0.980. The van der Waals surface area contributed by atoms with Crippen molar-refractivity contribution in [2.45, 2.75) is 38.7 Å². The molecule has 96 valence electrons. The van der Waals surface area contributed by atoms with Gasteiger partial charge in [0.05, 0.1) is 18.3 Å². The van der Waals surface area contributed by atoms with Crippen molar-refractivity contribution in [1.29, 1.82) is 0 Å². The highest BCUT2D eigenvalue weighted by Crippen LogP contribution is 2.15. The molecule has 0 radical (unpaired) electrons. The molecule has 2 heterocycles. The Morgan fingerprint density at radius 3 is 2.65 bits per heavy atom. The molecule has 1 fully saturated rings. The second-order valence-corrected chi connectivity index (χ2v) is 4.75. The van der Waals surface area contributed by atoms with Crippen molar-refractivity contribution in [3.63, 3.8) is 0 Å². The number of aliphatic hydroxyl groups excluding tert-OH is 1. The Morgan fingerprint density at radius 1 is 1.29 bits per heavy atom. The maximum absolute atomic E-state index is 9.87. The fourth-order valence-corrected chi connectivity index (χ4v) is 2.09.